The maximum Gasteiger partial charge on any atom is 0.0534 e. The zero-order valence-electron chi connectivity index (χ0n) is 9.45. The average Bonchev–Trinajstić information content (AvgIpc) is 2.65. The van der Waals surface area contributed by atoms with Gasteiger partial charge in [-0.3, -0.25) is 4.68 Å². The maximum absolute atomic E-state index is 4.23. The van der Waals surface area contributed by atoms with Crippen molar-refractivity contribution >= 4 is 0 Å². The molecule has 3 heteroatoms. The minimum atomic E-state index is 0.760. The van der Waals surface area contributed by atoms with Crippen LogP contribution in [-0.2, 0) is 13.1 Å². The molecule has 0 aliphatic rings. The third-order valence-electron chi connectivity index (χ3n) is 2.53. The first-order chi connectivity index (χ1) is 6.76. The van der Waals surface area contributed by atoms with Gasteiger partial charge in [0.1, 0.15) is 0 Å². The second-order valence-corrected chi connectivity index (χ2v) is 3.85. The molecule has 80 valence electrons. The molecule has 0 fully saturated rings. The number of rotatable bonds is 6. The molecule has 0 bridgehead atoms. The van der Waals surface area contributed by atoms with Crippen molar-refractivity contribution < 1.29 is 0 Å². The molecule has 1 N–H and O–H groups in total. The first-order valence-electron chi connectivity index (χ1n) is 5.48. The van der Waals surface area contributed by atoms with Gasteiger partial charge in [0.15, 0.2) is 0 Å². The molecule has 0 aliphatic carbocycles. The molecule has 0 spiro atoms. The molecule has 0 aliphatic heterocycles. The van der Waals surface area contributed by atoms with E-state index in [1.807, 2.05) is 10.9 Å². The highest BCUT2D eigenvalue weighted by Crippen LogP contribution is 2.00. The lowest BCUT2D eigenvalue weighted by Gasteiger charge is -2.08. The topological polar surface area (TPSA) is 29.9 Å². The van der Waals surface area contributed by atoms with E-state index >= 15 is 0 Å². The summed E-state index contributed by atoms with van der Waals surface area (Å²) in [7, 11) is 0. The summed E-state index contributed by atoms with van der Waals surface area (Å²) in [4.78, 5) is 0. The first kappa shape index (κ1) is 11.2. The third-order valence-corrected chi connectivity index (χ3v) is 2.53. The second kappa shape index (κ2) is 5.81. The summed E-state index contributed by atoms with van der Waals surface area (Å²) >= 11 is 0. The summed E-state index contributed by atoms with van der Waals surface area (Å²) in [6, 6.07) is 0. The Labute approximate surface area is 86.5 Å². The largest absolute Gasteiger partial charge is 0.312 e. The van der Waals surface area contributed by atoms with Crippen LogP contribution in [0.15, 0.2) is 12.4 Å². The normalized spacial score (nSPS) is 13.1. The quantitative estimate of drug-likeness (QED) is 0.752. The van der Waals surface area contributed by atoms with Crippen LogP contribution in [0.5, 0.6) is 0 Å². The van der Waals surface area contributed by atoms with Crippen LogP contribution < -0.4 is 5.32 Å². The van der Waals surface area contributed by atoms with Gasteiger partial charge in [0.2, 0.25) is 0 Å². The van der Waals surface area contributed by atoms with Gasteiger partial charge in [0, 0.05) is 24.8 Å². The molecule has 1 rings (SSSR count). The van der Waals surface area contributed by atoms with Gasteiger partial charge in [-0.05, 0) is 19.4 Å². The minimum absolute atomic E-state index is 0.760. The average molecular weight is 195 g/mol. The first-order valence-corrected chi connectivity index (χ1v) is 5.48. The van der Waals surface area contributed by atoms with Crippen LogP contribution in [0.25, 0.3) is 0 Å². The molecule has 1 aromatic heterocycles. The highest BCUT2D eigenvalue weighted by atomic mass is 15.3. The van der Waals surface area contributed by atoms with Crippen LogP contribution in [0, 0.1) is 5.92 Å². The Morgan fingerprint density at radius 1 is 1.50 bits per heavy atom. The van der Waals surface area contributed by atoms with Crippen LogP contribution in [0.4, 0.5) is 0 Å². The van der Waals surface area contributed by atoms with Gasteiger partial charge in [-0.1, -0.05) is 20.3 Å². The van der Waals surface area contributed by atoms with Gasteiger partial charge in [-0.15, -0.1) is 0 Å². The number of nitrogens with one attached hydrogen (secondary N) is 1. The number of nitrogens with zero attached hydrogens (tertiary/aromatic N) is 2. The molecule has 0 radical (unpaired) electrons. The molecule has 1 unspecified atom stereocenters. The Balaban J connectivity index is 2.24. The molecular weight excluding hydrogens is 174 g/mol. The minimum Gasteiger partial charge on any atom is -0.312 e. The molecule has 0 saturated carbocycles. The van der Waals surface area contributed by atoms with E-state index in [4.69, 9.17) is 0 Å². The number of hydrogen-bond acceptors (Lipinski definition) is 2. The zero-order chi connectivity index (χ0) is 10.4. The van der Waals surface area contributed by atoms with Gasteiger partial charge < -0.3 is 5.32 Å². The summed E-state index contributed by atoms with van der Waals surface area (Å²) in [6.07, 6.45) is 5.28. The molecule has 1 aromatic rings. The Hall–Kier alpha value is -0.830. The van der Waals surface area contributed by atoms with E-state index in [9.17, 15) is 0 Å². The third kappa shape index (κ3) is 3.50. The molecule has 0 amide bonds. The van der Waals surface area contributed by atoms with Gasteiger partial charge in [0.05, 0.1) is 6.20 Å². The molecule has 0 saturated heterocycles. The fraction of sp³-hybridized carbons (Fsp3) is 0.727. The van der Waals surface area contributed by atoms with Gasteiger partial charge >= 0.3 is 0 Å². The second-order valence-electron chi connectivity index (χ2n) is 3.85. The summed E-state index contributed by atoms with van der Waals surface area (Å²) < 4.78 is 1.96. The molecule has 3 nitrogen and oxygen atoms in total. The predicted molar refractivity (Wildman–Crippen MR) is 59.1 cm³/mol. The highest BCUT2D eigenvalue weighted by Gasteiger charge is 1.99. The molecule has 1 atom stereocenters. The SMILES string of the molecule is CCC(C)CNCc1cnn(CC)c1. The van der Waals surface area contributed by atoms with Crippen molar-refractivity contribution in [3.8, 4) is 0 Å². The number of aryl methyl sites for hydroxylation is 1. The Morgan fingerprint density at radius 2 is 2.29 bits per heavy atom. The summed E-state index contributed by atoms with van der Waals surface area (Å²) in [5.74, 6) is 0.760. The summed E-state index contributed by atoms with van der Waals surface area (Å²) in [6.45, 7) is 9.57. The number of aromatic nitrogens is 2. The lowest BCUT2D eigenvalue weighted by molar-refractivity contribution is 0.500. The van der Waals surface area contributed by atoms with Crippen molar-refractivity contribution in [3.05, 3.63) is 18.0 Å². The van der Waals surface area contributed by atoms with E-state index in [-0.39, 0.29) is 0 Å². The van der Waals surface area contributed by atoms with Crippen molar-refractivity contribution in [1.29, 1.82) is 0 Å². The van der Waals surface area contributed by atoms with Crippen LogP contribution in [0.3, 0.4) is 0 Å². The smallest absolute Gasteiger partial charge is 0.0534 e. The summed E-state index contributed by atoms with van der Waals surface area (Å²) in [5, 5.41) is 7.67. The Kier molecular flexibility index (Phi) is 4.66. The predicted octanol–water partition coefficient (Wildman–Crippen LogP) is 2.04. The molecule has 0 aromatic carbocycles. The van der Waals surface area contributed by atoms with Crippen LogP contribution >= 0.6 is 0 Å². The molecular formula is C11H21N3. The van der Waals surface area contributed by atoms with Gasteiger partial charge in [-0.2, -0.15) is 5.10 Å². The molecule has 14 heavy (non-hydrogen) atoms. The lowest BCUT2D eigenvalue weighted by Crippen LogP contribution is -2.19. The summed E-state index contributed by atoms with van der Waals surface area (Å²) in [5.41, 5.74) is 1.27. The van der Waals surface area contributed by atoms with Crippen molar-refractivity contribution in [3.63, 3.8) is 0 Å². The van der Waals surface area contributed by atoms with Crippen LogP contribution in [-0.4, -0.2) is 16.3 Å². The van der Waals surface area contributed by atoms with Crippen LogP contribution in [0.2, 0.25) is 0 Å². The highest BCUT2D eigenvalue weighted by molar-refractivity contribution is 5.03. The van der Waals surface area contributed by atoms with Crippen LogP contribution in [0.1, 0.15) is 32.8 Å². The van der Waals surface area contributed by atoms with E-state index in [0.717, 1.165) is 25.6 Å². The van der Waals surface area contributed by atoms with E-state index < -0.39 is 0 Å². The fourth-order valence-electron chi connectivity index (χ4n) is 1.28. The van der Waals surface area contributed by atoms with Crippen molar-refractivity contribution in [2.45, 2.75) is 40.3 Å². The van der Waals surface area contributed by atoms with E-state index in [2.05, 4.69) is 37.4 Å². The van der Waals surface area contributed by atoms with Gasteiger partial charge in [-0.25, -0.2) is 0 Å². The monoisotopic (exact) mass is 195 g/mol. The standard InChI is InChI=1S/C11H21N3/c1-4-10(3)6-12-7-11-8-13-14(5-2)9-11/h8-10,12H,4-7H2,1-3H3. The lowest BCUT2D eigenvalue weighted by atomic mass is 10.1. The van der Waals surface area contributed by atoms with Gasteiger partial charge in [0.25, 0.3) is 0 Å². The Bertz CT molecular complexity index is 255. The zero-order valence-corrected chi connectivity index (χ0v) is 9.45. The van der Waals surface area contributed by atoms with E-state index in [0.29, 0.717) is 0 Å². The number of hydrogen-bond donors (Lipinski definition) is 1. The van der Waals surface area contributed by atoms with Crippen molar-refractivity contribution in [2.75, 3.05) is 6.54 Å². The van der Waals surface area contributed by atoms with E-state index in [1.54, 1.807) is 0 Å². The Morgan fingerprint density at radius 3 is 2.86 bits per heavy atom. The molecule has 1 heterocycles. The van der Waals surface area contributed by atoms with E-state index in [1.165, 1.54) is 12.0 Å². The van der Waals surface area contributed by atoms with Crippen molar-refractivity contribution in [2.24, 2.45) is 5.92 Å². The fourth-order valence-corrected chi connectivity index (χ4v) is 1.28. The maximum atomic E-state index is 4.23. The van der Waals surface area contributed by atoms with Crippen molar-refractivity contribution in [1.82, 2.24) is 15.1 Å².